The fourth-order valence-electron chi connectivity index (χ4n) is 2.39. The number of aliphatic carboxylic acids is 2. The molecule has 2 atom stereocenters. The minimum Gasteiger partial charge on any atom is -0.481 e. The standard InChI is InChI=1S/C15H22O4/c1-9-4-5-10(2)13(8-11(9)3)12(15(18)19)6-7-14(16)17/h8-9,12H,4-7H2,1-3H3,(H,16,17)(H,18,19)/t9-,12-/m0/s1. The summed E-state index contributed by atoms with van der Waals surface area (Å²) in [6, 6.07) is 0. The van der Waals surface area contributed by atoms with E-state index in [1.54, 1.807) is 0 Å². The minimum absolute atomic E-state index is 0.115. The second kappa shape index (κ2) is 6.55. The van der Waals surface area contributed by atoms with Gasteiger partial charge in [-0.3, -0.25) is 9.59 Å². The Kier molecular flexibility index (Phi) is 5.33. The summed E-state index contributed by atoms with van der Waals surface area (Å²) in [5.74, 6) is -2.15. The molecule has 19 heavy (non-hydrogen) atoms. The topological polar surface area (TPSA) is 74.6 Å². The summed E-state index contributed by atoms with van der Waals surface area (Å²) in [5.41, 5.74) is 3.05. The average Bonchev–Trinajstić information content (AvgIpc) is 2.43. The number of hydrogen-bond acceptors (Lipinski definition) is 2. The van der Waals surface area contributed by atoms with Gasteiger partial charge in [-0.05, 0) is 44.6 Å². The van der Waals surface area contributed by atoms with Crippen LogP contribution in [-0.4, -0.2) is 22.2 Å². The maximum Gasteiger partial charge on any atom is 0.310 e. The number of rotatable bonds is 5. The Balaban J connectivity index is 3.04. The molecule has 0 saturated heterocycles. The van der Waals surface area contributed by atoms with Crippen molar-refractivity contribution in [2.75, 3.05) is 0 Å². The van der Waals surface area contributed by atoms with Crippen molar-refractivity contribution in [3.8, 4) is 0 Å². The fourth-order valence-corrected chi connectivity index (χ4v) is 2.39. The first-order valence-electron chi connectivity index (χ1n) is 6.65. The summed E-state index contributed by atoms with van der Waals surface area (Å²) in [5, 5.41) is 18.1. The average molecular weight is 266 g/mol. The predicted molar refractivity (Wildman–Crippen MR) is 72.9 cm³/mol. The van der Waals surface area contributed by atoms with E-state index in [9.17, 15) is 14.7 Å². The Labute approximate surface area is 113 Å². The van der Waals surface area contributed by atoms with E-state index in [2.05, 4.69) is 6.92 Å². The largest absolute Gasteiger partial charge is 0.481 e. The van der Waals surface area contributed by atoms with Crippen LogP contribution in [0.4, 0.5) is 0 Å². The van der Waals surface area contributed by atoms with E-state index < -0.39 is 17.9 Å². The molecule has 0 amide bonds. The van der Waals surface area contributed by atoms with Gasteiger partial charge in [0.15, 0.2) is 0 Å². The van der Waals surface area contributed by atoms with Crippen LogP contribution < -0.4 is 0 Å². The number of carboxylic acids is 2. The van der Waals surface area contributed by atoms with Gasteiger partial charge in [0.25, 0.3) is 0 Å². The number of allylic oxidation sites excluding steroid dienone is 3. The SMILES string of the molecule is CC1=CC([C@H](CCC(=O)O)C(=O)O)=C(C)CC[C@@H]1C. The van der Waals surface area contributed by atoms with Crippen LogP contribution in [0.1, 0.15) is 46.5 Å². The Morgan fingerprint density at radius 1 is 1.37 bits per heavy atom. The lowest BCUT2D eigenvalue weighted by molar-refractivity contribution is -0.141. The quantitative estimate of drug-likeness (QED) is 0.801. The van der Waals surface area contributed by atoms with E-state index in [-0.39, 0.29) is 12.8 Å². The molecule has 1 aliphatic rings. The van der Waals surface area contributed by atoms with Gasteiger partial charge in [0, 0.05) is 6.42 Å². The second-order valence-corrected chi connectivity index (χ2v) is 5.39. The van der Waals surface area contributed by atoms with Gasteiger partial charge in [-0.25, -0.2) is 0 Å². The summed E-state index contributed by atoms with van der Waals surface area (Å²) >= 11 is 0. The first-order valence-corrected chi connectivity index (χ1v) is 6.65. The van der Waals surface area contributed by atoms with Gasteiger partial charge in [-0.2, -0.15) is 0 Å². The molecule has 4 nitrogen and oxygen atoms in total. The lowest BCUT2D eigenvalue weighted by Gasteiger charge is -2.15. The van der Waals surface area contributed by atoms with Gasteiger partial charge in [0.05, 0.1) is 5.92 Å². The van der Waals surface area contributed by atoms with Crippen LogP contribution in [0.2, 0.25) is 0 Å². The van der Waals surface area contributed by atoms with Crippen molar-refractivity contribution >= 4 is 11.9 Å². The molecule has 0 saturated carbocycles. The second-order valence-electron chi connectivity index (χ2n) is 5.39. The molecule has 1 aliphatic carbocycles. The lowest BCUT2D eigenvalue weighted by Crippen LogP contribution is -2.18. The van der Waals surface area contributed by atoms with Crippen molar-refractivity contribution < 1.29 is 19.8 Å². The highest BCUT2D eigenvalue weighted by Gasteiger charge is 2.25. The van der Waals surface area contributed by atoms with Gasteiger partial charge in [-0.1, -0.05) is 24.1 Å². The molecule has 4 heteroatoms. The highest BCUT2D eigenvalue weighted by molar-refractivity contribution is 5.76. The lowest BCUT2D eigenvalue weighted by atomic mass is 9.89. The van der Waals surface area contributed by atoms with Gasteiger partial charge >= 0.3 is 11.9 Å². The molecule has 0 aromatic heterocycles. The summed E-state index contributed by atoms with van der Waals surface area (Å²) < 4.78 is 0. The zero-order valence-electron chi connectivity index (χ0n) is 11.8. The summed E-state index contributed by atoms with van der Waals surface area (Å²) in [7, 11) is 0. The molecule has 0 aromatic rings. The van der Waals surface area contributed by atoms with E-state index >= 15 is 0 Å². The van der Waals surface area contributed by atoms with E-state index in [1.165, 1.54) is 5.57 Å². The molecule has 0 spiro atoms. The van der Waals surface area contributed by atoms with Crippen LogP contribution in [0.25, 0.3) is 0 Å². The van der Waals surface area contributed by atoms with Crippen molar-refractivity contribution in [1.29, 1.82) is 0 Å². The molecule has 1 rings (SSSR count). The maximum atomic E-state index is 11.4. The molecule has 0 fully saturated rings. The fraction of sp³-hybridized carbons (Fsp3) is 0.600. The summed E-state index contributed by atoms with van der Waals surface area (Å²) in [6.07, 6.45) is 3.88. The smallest absolute Gasteiger partial charge is 0.310 e. The normalized spacial score (nSPS) is 21.6. The monoisotopic (exact) mass is 266 g/mol. The highest BCUT2D eigenvalue weighted by atomic mass is 16.4. The number of carboxylic acid groups (broad SMARTS) is 2. The van der Waals surface area contributed by atoms with Crippen LogP contribution in [0, 0.1) is 11.8 Å². The molecule has 0 heterocycles. The summed E-state index contributed by atoms with van der Waals surface area (Å²) in [6.45, 7) is 6.10. The Morgan fingerprint density at radius 3 is 2.53 bits per heavy atom. The maximum absolute atomic E-state index is 11.4. The zero-order valence-corrected chi connectivity index (χ0v) is 11.8. The molecule has 0 bridgehead atoms. The van der Waals surface area contributed by atoms with E-state index in [1.807, 2.05) is 19.9 Å². The van der Waals surface area contributed by atoms with Gasteiger partial charge < -0.3 is 10.2 Å². The van der Waals surface area contributed by atoms with Crippen LogP contribution in [-0.2, 0) is 9.59 Å². The third-order valence-electron chi connectivity index (χ3n) is 3.93. The van der Waals surface area contributed by atoms with Crippen molar-refractivity contribution in [2.45, 2.75) is 46.5 Å². The van der Waals surface area contributed by atoms with Crippen molar-refractivity contribution in [1.82, 2.24) is 0 Å². The molecule has 0 aromatic carbocycles. The summed E-state index contributed by atoms with van der Waals surface area (Å²) in [4.78, 5) is 22.1. The van der Waals surface area contributed by atoms with E-state index in [0.717, 1.165) is 24.0 Å². The molecular weight excluding hydrogens is 244 g/mol. The van der Waals surface area contributed by atoms with Crippen molar-refractivity contribution in [3.63, 3.8) is 0 Å². The predicted octanol–water partition coefficient (Wildman–Crippen LogP) is 3.24. The Hall–Kier alpha value is -1.58. The third kappa shape index (κ3) is 4.23. The molecule has 0 radical (unpaired) electrons. The molecule has 0 aliphatic heterocycles. The highest BCUT2D eigenvalue weighted by Crippen LogP contribution is 2.32. The Morgan fingerprint density at radius 2 is 2.00 bits per heavy atom. The van der Waals surface area contributed by atoms with Crippen molar-refractivity contribution in [2.24, 2.45) is 11.8 Å². The Bertz CT molecular complexity index is 431. The van der Waals surface area contributed by atoms with Crippen LogP contribution in [0.3, 0.4) is 0 Å². The third-order valence-corrected chi connectivity index (χ3v) is 3.93. The van der Waals surface area contributed by atoms with Crippen LogP contribution in [0.15, 0.2) is 22.8 Å². The van der Waals surface area contributed by atoms with Crippen molar-refractivity contribution in [3.05, 3.63) is 22.8 Å². The molecule has 2 N–H and O–H groups in total. The number of carbonyl (C=O) groups is 2. The van der Waals surface area contributed by atoms with Crippen LogP contribution >= 0.6 is 0 Å². The molecule has 0 unspecified atom stereocenters. The van der Waals surface area contributed by atoms with E-state index in [0.29, 0.717) is 5.92 Å². The molecule has 106 valence electrons. The minimum atomic E-state index is -0.952. The zero-order chi connectivity index (χ0) is 14.6. The van der Waals surface area contributed by atoms with Crippen LogP contribution in [0.5, 0.6) is 0 Å². The van der Waals surface area contributed by atoms with Gasteiger partial charge in [0.2, 0.25) is 0 Å². The molecular formula is C15H22O4. The first-order chi connectivity index (χ1) is 8.82. The first kappa shape index (κ1) is 15.5. The van der Waals surface area contributed by atoms with Gasteiger partial charge in [0.1, 0.15) is 0 Å². The van der Waals surface area contributed by atoms with E-state index in [4.69, 9.17) is 5.11 Å². The van der Waals surface area contributed by atoms with Gasteiger partial charge in [-0.15, -0.1) is 0 Å². The number of hydrogen-bond donors (Lipinski definition) is 2.